The van der Waals surface area contributed by atoms with Crippen LogP contribution < -0.4 is 18.7 Å². The zero-order valence-electron chi connectivity index (χ0n) is 15.2. The highest BCUT2D eigenvalue weighted by molar-refractivity contribution is 7.95. The van der Waals surface area contributed by atoms with Crippen LogP contribution in [0, 0.1) is 0 Å². The first-order valence-corrected chi connectivity index (χ1v) is 9.77. The number of methoxy groups -OCH3 is 1. The highest BCUT2D eigenvalue weighted by Gasteiger charge is 2.41. The molecule has 2 N–H and O–H groups in total. The van der Waals surface area contributed by atoms with Crippen LogP contribution in [0.1, 0.15) is 6.42 Å². The molecule has 7 nitrogen and oxygen atoms in total. The smallest absolute Gasteiger partial charge is 0.330 e. The number of aliphatic hydroxyl groups excluding tert-OH is 1. The third-order valence-corrected chi connectivity index (χ3v) is 6.08. The van der Waals surface area contributed by atoms with E-state index in [9.17, 15) is 13.5 Å². The lowest BCUT2D eigenvalue weighted by Gasteiger charge is -2.23. The fourth-order valence-corrected chi connectivity index (χ4v) is 4.76. The van der Waals surface area contributed by atoms with E-state index in [4.69, 9.17) is 4.74 Å². The molecular formula is C18H24ClN3O4S. The van der Waals surface area contributed by atoms with Gasteiger partial charge in [0.2, 0.25) is 0 Å². The molecule has 0 saturated carbocycles. The number of nitrogens with one attached hydrogen (secondary N) is 1. The molecule has 0 fully saturated rings. The summed E-state index contributed by atoms with van der Waals surface area (Å²) in [6.07, 6.45) is -0.284. The van der Waals surface area contributed by atoms with Crippen LogP contribution in [0.25, 0.3) is 0 Å². The molecular weight excluding hydrogens is 390 g/mol. The number of likely N-dealkylation sites (N-methyl/N-ethyl adjacent to an activating group) is 1. The van der Waals surface area contributed by atoms with Crippen LogP contribution in [-0.4, -0.2) is 46.9 Å². The molecule has 27 heavy (non-hydrogen) atoms. The highest BCUT2D eigenvalue weighted by atomic mass is 35.5. The number of aliphatic hydroxyl groups is 1. The van der Waals surface area contributed by atoms with Crippen LogP contribution in [0.5, 0.6) is 5.75 Å². The second-order valence-corrected chi connectivity index (χ2v) is 7.74. The maximum Gasteiger partial charge on any atom is 0.330 e. The van der Waals surface area contributed by atoms with Crippen molar-refractivity contribution in [2.75, 3.05) is 35.9 Å². The Bertz CT molecular complexity index is 878. The average Bonchev–Trinajstić information content (AvgIpc) is 2.86. The standard InChI is InChI=1S/C18H23N3O4S.ClH/c1-19-13-15(22)10-11-20-17-8-3-4-9-18(17)21(26(20,23)24)14-6-5-7-16(12-14)25-2;/h3-9,12,15,19,22H,10-11,13H2,1-2H3;1H/t15-;/m1./s1. The van der Waals surface area contributed by atoms with Gasteiger partial charge in [-0.3, -0.25) is 4.31 Å². The fourth-order valence-electron chi connectivity index (χ4n) is 3.04. The van der Waals surface area contributed by atoms with Gasteiger partial charge in [-0.1, -0.05) is 18.2 Å². The molecule has 0 aromatic heterocycles. The van der Waals surface area contributed by atoms with Crippen molar-refractivity contribution in [3.8, 4) is 5.75 Å². The molecule has 0 saturated heterocycles. The first kappa shape index (κ1) is 21.3. The van der Waals surface area contributed by atoms with Gasteiger partial charge in [0.1, 0.15) is 5.75 Å². The molecule has 9 heteroatoms. The van der Waals surface area contributed by atoms with Crippen molar-refractivity contribution < 1.29 is 18.3 Å². The highest BCUT2D eigenvalue weighted by Crippen LogP contribution is 2.45. The molecule has 0 spiro atoms. The van der Waals surface area contributed by atoms with Crippen LogP contribution in [0.4, 0.5) is 17.1 Å². The first-order valence-electron chi connectivity index (χ1n) is 8.37. The molecule has 2 aromatic carbocycles. The van der Waals surface area contributed by atoms with E-state index in [0.717, 1.165) is 0 Å². The molecule has 1 aliphatic rings. The van der Waals surface area contributed by atoms with Gasteiger partial charge in [0.25, 0.3) is 0 Å². The van der Waals surface area contributed by atoms with Gasteiger partial charge in [0.05, 0.1) is 30.3 Å². The van der Waals surface area contributed by atoms with Gasteiger partial charge in [-0.2, -0.15) is 8.42 Å². The Morgan fingerprint density at radius 2 is 1.85 bits per heavy atom. The summed E-state index contributed by atoms with van der Waals surface area (Å²) in [6, 6.07) is 14.1. The summed E-state index contributed by atoms with van der Waals surface area (Å²) < 4.78 is 34.4. The van der Waals surface area contributed by atoms with E-state index < -0.39 is 16.3 Å². The molecule has 3 rings (SSSR count). The molecule has 1 aliphatic heterocycles. The minimum absolute atomic E-state index is 0. The van der Waals surface area contributed by atoms with Crippen molar-refractivity contribution in [2.24, 2.45) is 0 Å². The minimum atomic E-state index is -3.80. The van der Waals surface area contributed by atoms with Gasteiger partial charge in [-0.15, -0.1) is 12.4 Å². The quantitative estimate of drug-likeness (QED) is 0.727. The summed E-state index contributed by atoms with van der Waals surface area (Å²) in [5, 5.41) is 12.9. The Balaban J connectivity index is 0.00000261. The molecule has 0 amide bonds. The topological polar surface area (TPSA) is 82.1 Å². The molecule has 0 bridgehead atoms. The van der Waals surface area contributed by atoms with E-state index >= 15 is 0 Å². The lowest BCUT2D eigenvalue weighted by atomic mass is 10.2. The van der Waals surface area contributed by atoms with Crippen LogP contribution in [0.2, 0.25) is 0 Å². The zero-order valence-corrected chi connectivity index (χ0v) is 16.8. The summed E-state index contributed by atoms with van der Waals surface area (Å²) >= 11 is 0. The SMILES string of the molecule is CNC[C@H](O)CCN1c2ccccc2N(c2cccc(OC)c2)S1(=O)=O.Cl. The largest absolute Gasteiger partial charge is 0.497 e. The number of hydrogen-bond donors (Lipinski definition) is 2. The van der Waals surface area contributed by atoms with Crippen molar-refractivity contribution in [3.63, 3.8) is 0 Å². The number of ether oxygens (including phenoxy) is 1. The number of benzene rings is 2. The van der Waals surface area contributed by atoms with Crippen molar-refractivity contribution >= 4 is 39.7 Å². The van der Waals surface area contributed by atoms with Crippen LogP contribution in [0.3, 0.4) is 0 Å². The summed E-state index contributed by atoms with van der Waals surface area (Å²) in [7, 11) is -0.508. The Kier molecular flexibility index (Phi) is 6.94. The van der Waals surface area contributed by atoms with Gasteiger partial charge in [-0.05, 0) is 37.7 Å². The molecule has 148 valence electrons. The minimum Gasteiger partial charge on any atom is -0.497 e. The fraction of sp³-hybridized carbons (Fsp3) is 0.333. The Labute approximate surface area is 166 Å². The normalized spacial score (nSPS) is 15.8. The Morgan fingerprint density at radius 1 is 1.15 bits per heavy atom. The van der Waals surface area contributed by atoms with E-state index in [-0.39, 0.29) is 19.0 Å². The second-order valence-electron chi connectivity index (χ2n) is 6.03. The summed E-state index contributed by atoms with van der Waals surface area (Å²) in [6.45, 7) is 0.609. The molecule has 0 radical (unpaired) electrons. The van der Waals surface area contributed by atoms with Crippen molar-refractivity contribution in [1.82, 2.24) is 5.32 Å². The van der Waals surface area contributed by atoms with Crippen LogP contribution in [-0.2, 0) is 10.2 Å². The van der Waals surface area contributed by atoms with E-state index in [1.54, 1.807) is 62.7 Å². The molecule has 2 aromatic rings. The first-order chi connectivity index (χ1) is 12.5. The summed E-state index contributed by atoms with van der Waals surface area (Å²) in [4.78, 5) is 0. The number of rotatable bonds is 7. The van der Waals surface area contributed by atoms with Gasteiger partial charge in [0, 0.05) is 19.2 Å². The number of halogens is 1. The Hall–Kier alpha value is -2.00. The summed E-state index contributed by atoms with van der Waals surface area (Å²) in [5.74, 6) is 0.582. The predicted molar refractivity (Wildman–Crippen MR) is 110 cm³/mol. The van der Waals surface area contributed by atoms with Gasteiger partial charge < -0.3 is 15.2 Å². The maximum absolute atomic E-state index is 13.2. The molecule has 1 heterocycles. The van der Waals surface area contributed by atoms with Crippen molar-refractivity contribution in [2.45, 2.75) is 12.5 Å². The van der Waals surface area contributed by atoms with E-state index in [1.807, 2.05) is 0 Å². The lowest BCUT2D eigenvalue weighted by Crippen LogP contribution is -2.38. The zero-order chi connectivity index (χ0) is 18.7. The van der Waals surface area contributed by atoms with Gasteiger partial charge in [-0.25, -0.2) is 4.31 Å². The third kappa shape index (κ3) is 4.14. The number of nitrogens with zero attached hydrogens (tertiary/aromatic N) is 2. The van der Waals surface area contributed by atoms with Crippen LogP contribution in [0.15, 0.2) is 48.5 Å². The average molecular weight is 414 g/mol. The van der Waals surface area contributed by atoms with Crippen LogP contribution >= 0.6 is 12.4 Å². The van der Waals surface area contributed by atoms with Crippen molar-refractivity contribution in [3.05, 3.63) is 48.5 Å². The van der Waals surface area contributed by atoms with E-state index in [0.29, 0.717) is 35.8 Å². The number of anilines is 3. The second kappa shape index (κ2) is 8.79. The maximum atomic E-state index is 13.2. The molecule has 0 aliphatic carbocycles. The Morgan fingerprint density at radius 3 is 2.52 bits per heavy atom. The monoisotopic (exact) mass is 413 g/mol. The number of hydrogen-bond acceptors (Lipinski definition) is 5. The third-order valence-electron chi connectivity index (χ3n) is 4.27. The molecule has 1 atom stereocenters. The predicted octanol–water partition coefficient (Wildman–Crippen LogP) is 2.29. The van der Waals surface area contributed by atoms with Crippen molar-refractivity contribution in [1.29, 1.82) is 0 Å². The molecule has 0 unspecified atom stereocenters. The number of fused-ring (bicyclic) bond motifs is 1. The van der Waals surface area contributed by atoms with E-state index in [2.05, 4.69) is 5.32 Å². The van der Waals surface area contributed by atoms with E-state index in [1.165, 1.54) is 8.61 Å². The summed E-state index contributed by atoms with van der Waals surface area (Å²) in [5.41, 5.74) is 1.70. The number of para-hydroxylation sites is 2. The lowest BCUT2D eigenvalue weighted by molar-refractivity contribution is 0.167. The van der Waals surface area contributed by atoms with Gasteiger partial charge in [0.15, 0.2) is 0 Å². The van der Waals surface area contributed by atoms with Gasteiger partial charge >= 0.3 is 10.2 Å².